The van der Waals surface area contributed by atoms with Crippen LogP contribution in [0.3, 0.4) is 0 Å². The molecule has 2 amide bonds. The minimum atomic E-state index is -0.173. The molecule has 0 radical (unpaired) electrons. The molecule has 0 saturated heterocycles. The average Bonchev–Trinajstić information content (AvgIpc) is 3.04. The van der Waals surface area contributed by atoms with Gasteiger partial charge in [0.1, 0.15) is 0 Å². The van der Waals surface area contributed by atoms with E-state index in [0.29, 0.717) is 31.3 Å². The maximum absolute atomic E-state index is 11.8. The lowest BCUT2D eigenvalue weighted by Gasteiger charge is -2.34. The number of hydrogen-bond donors (Lipinski definition) is 2. The fourth-order valence-electron chi connectivity index (χ4n) is 2.64. The lowest BCUT2D eigenvalue weighted by atomic mass is 9.82. The second-order valence-electron chi connectivity index (χ2n) is 6.13. The van der Waals surface area contributed by atoms with Gasteiger partial charge in [0.25, 0.3) is 0 Å². The fraction of sp³-hybridized carbons (Fsp3) is 0.857. The Hall–Kier alpha value is -1.10. The second kappa shape index (κ2) is 5.90. The molecule has 2 N–H and O–H groups in total. The molecule has 2 saturated carbocycles. The lowest BCUT2D eigenvalue weighted by molar-refractivity contribution is -0.131. The van der Waals surface area contributed by atoms with Gasteiger partial charge in [0.05, 0.1) is 6.10 Å². The van der Waals surface area contributed by atoms with Gasteiger partial charge in [-0.1, -0.05) is 6.92 Å². The molecule has 2 fully saturated rings. The predicted molar refractivity (Wildman–Crippen MR) is 71.3 cm³/mol. The molecular formula is C14H24N2O3. The van der Waals surface area contributed by atoms with Crippen molar-refractivity contribution in [3.05, 3.63) is 0 Å². The summed E-state index contributed by atoms with van der Waals surface area (Å²) in [6.45, 7) is 3.21. The van der Waals surface area contributed by atoms with Crippen molar-refractivity contribution in [1.29, 1.82) is 0 Å². The Bertz CT molecular complexity index is 353. The van der Waals surface area contributed by atoms with E-state index in [4.69, 9.17) is 0 Å². The first-order valence-electron chi connectivity index (χ1n) is 7.17. The summed E-state index contributed by atoms with van der Waals surface area (Å²) in [7, 11) is 1.79. The number of carbonyl (C=O) groups excluding carboxylic acids is 2. The van der Waals surface area contributed by atoms with E-state index in [2.05, 4.69) is 12.2 Å². The molecule has 0 bridgehead atoms. The normalized spacial score (nSPS) is 32.4. The van der Waals surface area contributed by atoms with Crippen LogP contribution in [0.4, 0.5) is 0 Å². The molecule has 0 aromatic rings. The van der Waals surface area contributed by atoms with Crippen molar-refractivity contribution in [2.45, 2.75) is 38.7 Å². The number of rotatable bonds is 6. The highest BCUT2D eigenvalue weighted by Crippen LogP contribution is 2.37. The topological polar surface area (TPSA) is 69.6 Å². The highest BCUT2D eigenvalue weighted by molar-refractivity contribution is 5.82. The van der Waals surface area contributed by atoms with Gasteiger partial charge in [-0.3, -0.25) is 9.59 Å². The van der Waals surface area contributed by atoms with E-state index in [9.17, 15) is 14.7 Å². The van der Waals surface area contributed by atoms with Crippen molar-refractivity contribution in [1.82, 2.24) is 10.2 Å². The molecule has 2 aliphatic rings. The molecule has 0 aliphatic heterocycles. The van der Waals surface area contributed by atoms with Crippen LogP contribution in [0.2, 0.25) is 0 Å². The minimum Gasteiger partial charge on any atom is -0.393 e. The van der Waals surface area contributed by atoms with E-state index in [-0.39, 0.29) is 23.8 Å². The predicted octanol–water partition coefficient (Wildman–Crippen LogP) is 0.378. The molecule has 0 heterocycles. The van der Waals surface area contributed by atoms with Crippen molar-refractivity contribution >= 4 is 11.8 Å². The standard InChI is InChI=1S/C14H24N2O3/c1-9-5-12(9)14(19)15-4-3-13(18)16(2)8-10-6-11(17)7-10/h9-12,17H,3-8H2,1-2H3,(H,15,19). The molecule has 2 rings (SSSR count). The summed E-state index contributed by atoms with van der Waals surface area (Å²) in [6.07, 6.45) is 2.76. The van der Waals surface area contributed by atoms with Gasteiger partial charge in [0.15, 0.2) is 0 Å². The highest BCUT2D eigenvalue weighted by atomic mass is 16.3. The Balaban J connectivity index is 1.57. The van der Waals surface area contributed by atoms with Crippen LogP contribution in [0.25, 0.3) is 0 Å². The first-order chi connectivity index (χ1) is 8.97. The zero-order valence-corrected chi connectivity index (χ0v) is 11.8. The van der Waals surface area contributed by atoms with Gasteiger partial charge in [0, 0.05) is 32.5 Å². The third-order valence-electron chi connectivity index (χ3n) is 4.25. The molecule has 5 nitrogen and oxygen atoms in total. The summed E-state index contributed by atoms with van der Waals surface area (Å²) in [4.78, 5) is 25.1. The van der Waals surface area contributed by atoms with E-state index in [1.165, 1.54) is 0 Å². The SMILES string of the molecule is CC1CC1C(=O)NCCC(=O)N(C)CC1CC(O)C1. The van der Waals surface area contributed by atoms with Crippen LogP contribution < -0.4 is 5.32 Å². The summed E-state index contributed by atoms with van der Waals surface area (Å²) < 4.78 is 0. The summed E-state index contributed by atoms with van der Waals surface area (Å²) >= 11 is 0. The molecule has 0 aromatic carbocycles. The minimum absolute atomic E-state index is 0.0607. The first-order valence-corrected chi connectivity index (χ1v) is 7.17. The lowest BCUT2D eigenvalue weighted by Crippen LogP contribution is -2.40. The summed E-state index contributed by atoms with van der Waals surface area (Å²) in [6, 6.07) is 0. The van der Waals surface area contributed by atoms with Crippen molar-refractivity contribution in [3.63, 3.8) is 0 Å². The first kappa shape index (κ1) is 14.3. The molecule has 5 heteroatoms. The maximum atomic E-state index is 11.8. The summed E-state index contributed by atoms with van der Waals surface area (Å²) in [5.74, 6) is 1.26. The van der Waals surface area contributed by atoms with Crippen LogP contribution in [0.1, 0.15) is 32.6 Å². The number of aliphatic hydroxyl groups excluding tert-OH is 1. The largest absolute Gasteiger partial charge is 0.393 e. The molecule has 2 aliphatic carbocycles. The quantitative estimate of drug-likeness (QED) is 0.731. The highest BCUT2D eigenvalue weighted by Gasteiger charge is 2.38. The van der Waals surface area contributed by atoms with E-state index in [1.54, 1.807) is 11.9 Å². The molecular weight excluding hydrogens is 244 g/mol. The van der Waals surface area contributed by atoms with Crippen LogP contribution in [0.5, 0.6) is 0 Å². The van der Waals surface area contributed by atoms with Crippen LogP contribution in [-0.4, -0.2) is 48.1 Å². The zero-order chi connectivity index (χ0) is 14.0. The van der Waals surface area contributed by atoms with Gasteiger partial charge in [-0.2, -0.15) is 0 Å². The van der Waals surface area contributed by atoms with Crippen molar-refractivity contribution in [2.24, 2.45) is 17.8 Å². The number of carbonyl (C=O) groups is 2. The number of hydrogen-bond acceptors (Lipinski definition) is 3. The molecule has 0 spiro atoms. The molecule has 19 heavy (non-hydrogen) atoms. The van der Waals surface area contributed by atoms with E-state index < -0.39 is 0 Å². The number of aliphatic hydroxyl groups is 1. The third-order valence-corrected chi connectivity index (χ3v) is 4.25. The van der Waals surface area contributed by atoms with Crippen LogP contribution in [0, 0.1) is 17.8 Å². The molecule has 0 aromatic heterocycles. The maximum Gasteiger partial charge on any atom is 0.224 e. The van der Waals surface area contributed by atoms with Crippen molar-refractivity contribution in [2.75, 3.05) is 20.1 Å². The Morgan fingerprint density at radius 1 is 1.32 bits per heavy atom. The second-order valence-corrected chi connectivity index (χ2v) is 6.13. The monoisotopic (exact) mass is 268 g/mol. The molecule has 108 valence electrons. The smallest absolute Gasteiger partial charge is 0.224 e. The van der Waals surface area contributed by atoms with E-state index >= 15 is 0 Å². The fourth-order valence-corrected chi connectivity index (χ4v) is 2.64. The number of amides is 2. The van der Waals surface area contributed by atoms with E-state index in [1.807, 2.05) is 0 Å². The van der Waals surface area contributed by atoms with Gasteiger partial charge < -0.3 is 15.3 Å². The van der Waals surface area contributed by atoms with Gasteiger partial charge >= 0.3 is 0 Å². The number of nitrogens with zero attached hydrogens (tertiary/aromatic N) is 1. The Kier molecular flexibility index (Phi) is 4.45. The third kappa shape index (κ3) is 3.93. The zero-order valence-electron chi connectivity index (χ0n) is 11.8. The van der Waals surface area contributed by atoms with Gasteiger partial charge in [-0.25, -0.2) is 0 Å². The Morgan fingerprint density at radius 3 is 2.47 bits per heavy atom. The van der Waals surface area contributed by atoms with Crippen LogP contribution in [-0.2, 0) is 9.59 Å². The van der Waals surface area contributed by atoms with Gasteiger partial charge in [0.2, 0.25) is 11.8 Å². The van der Waals surface area contributed by atoms with Gasteiger partial charge in [-0.05, 0) is 31.1 Å². The van der Waals surface area contributed by atoms with Gasteiger partial charge in [-0.15, -0.1) is 0 Å². The van der Waals surface area contributed by atoms with Crippen molar-refractivity contribution in [3.8, 4) is 0 Å². The molecule has 2 unspecified atom stereocenters. The van der Waals surface area contributed by atoms with Crippen LogP contribution >= 0.6 is 0 Å². The Morgan fingerprint density at radius 2 is 1.95 bits per heavy atom. The van der Waals surface area contributed by atoms with E-state index in [0.717, 1.165) is 19.3 Å². The molecule has 2 atom stereocenters. The Labute approximate surface area is 114 Å². The summed E-state index contributed by atoms with van der Waals surface area (Å²) in [5.41, 5.74) is 0. The van der Waals surface area contributed by atoms with Crippen LogP contribution in [0.15, 0.2) is 0 Å². The summed E-state index contributed by atoms with van der Waals surface area (Å²) in [5, 5.41) is 12.0. The number of nitrogens with one attached hydrogen (secondary N) is 1. The van der Waals surface area contributed by atoms with Crippen molar-refractivity contribution < 1.29 is 14.7 Å². The average molecular weight is 268 g/mol.